The molecule has 0 N–H and O–H groups in total. The molecule has 0 saturated carbocycles. The maximum absolute atomic E-state index is 4.11. The number of hydrogen-bond donors (Lipinski definition) is 0. The zero-order valence-electron chi connectivity index (χ0n) is 8.19. The summed E-state index contributed by atoms with van der Waals surface area (Å²) >= 11 is 0. The molecule has 1 heterocycles. The first-order valence-electron chi connectivity index (χ1n) is 4.66. The Hall–Kier alpha value is 1.46. The second-order valence-electron chi connectivity index (χ2n) is 3.68. The van der Waals surface area contributed by atoms with Crippen LogP contribution in [0.25, 0.3) is 0 Å². The second-order valence-corrected chi connectivity index (χ2v) is 7.14. The molecule has 0 aromatic rings. The SMILES string of the molecule is [Br-].[CH2-]C1CC[SiH](CCC)CC1.[Mg+2]. The molecule has 1 aliphatic heterocycles. The molecule has 0 aromatic carbocycles. The van der Waals surface area contributed by atoms with Gasteiger partial charge in [-0.3, -0.25) is 0 Å². The Labute approximate surface area is 105 Å². The summed E-state index contributed by atoms with van der Waals surface area (Å²) in [5, 5.41) is 0. The smallest absolute Gasteiger partial charge is 1.00 e. The number of halogens is 1. The van der Waals surface area contributed by atoms with E-state index < -0.39 is 0 Å². The zero-order valence-corrected chi connectivity index (χ0v) is 12.3. The van der Waals surface area contributed by atoms with E-state index in [9.17, 15) is 0 Å². The zero-order chi connectivity index (χ0) is 7.40. The summed E-state index contributed by atoms with van der Waals surface area (Å²) in [5.41, 5.74) is 0. The Morgan fingerprint density at radius 1 is 1.33 bits per heavy atom. The number of hydrogen-bond acceptors (Lipinski definition) is 0. The molecule has 1 saturated heterocycles. The predicted octanol–water partition coefficient (Wildman–Crippen LogP) is -0.509. The van der Waals surface area contributed by atoms with Crippen LogP contribution in [0.3, 0.4) is 0 Å². The molecule has 0 radical (unpaired) electrons. The summed E-state index contributed by atoms with van der Waals surface area (Å²) in [4.78, 5) is 0. The fourth-order valence-corrected chi connectivity index (χ4v) is 5.50. The molecule has 1 fully saturated rings. The van der Waals surface area contributed by atoms with E-state index in [0.29, 0.717) is 0 Å². The molecule has 0 atom stereocenters. The van der Waals surface area contributed by atoms with Crippen molar-refractivity contribution >= 4 is 31.8 Å². The van der Waals surface area contributed by atoms with Crippen molar-refractivity contribution in [1.82, 2.24) is 0 Å². The van der Waals surface area contributed by atoms with E-state index >= 15 is 0 Å². The summed E-state index contributed by atoms with van der Waals surface area (Å²) < 4.78 is 0. The predicted molar refractivity (Wildman–Crippen MR) is 55.7 cm³/mol. The van der Waals surface area contributed by atoms with Crippen molar-refractivity contribution in [2.75, 3.05) is 0 Å². The maximum Gasteiger partial charge on any atom is 2.00 e. The van der Waals surface area contributed by atoms with Gasteiger partial charge in [0.1, 0.15) is 0 Å². The van der Waals surface area contributed by atoms with E-state index in [4.69, 9.17) is 0 Å². The molecular formula is C9H19BrMgSi. The van der Waals surface area contributed by atoms with Crippen LogP contribution in [0.1, 0.15) is 26.2 Å². The van der Waals surface area contributed by atoms with Crippen molar-refractivity contribution in [1.29, 1.82) is 0 Å². The normalized spacial score (nSPS) is 28.5. The standard InChI is InChI=1S/C9H19Si.BrH.Mg/c1-3-6-10-7-4-9(2)5-8-10;;/h9-10H,2-8H2,1H3;1H;/q-1;;+2/p-1. The van der Waals surface area contributed by atoms with Crippen molar-refractivity contribution in [2.24, 2.45) is 5.92 Å². The Morgan fingerprint density at radius 2 is 1.83 bits per heavy atom. The molecule has 0 amide bonds. The molecule has 1 rings (SSSR count). The fraction of sp³-hybridized carbons (Fsp3) is 0.889. The van der Waals surface area contributed by atoms with Gasteiger partial charge in [0.05, 0.1) is 0 Å². The molecular weight excluding hydrogens is 240 g/mol. The van der Waals surface area contributed by atoms with Gasteiger partial charge >= 0.3 is 23.1 Å². The topological polar surface area (TPSA) is 0 Å². The first-order chi connectivity index (χ1) is 4.83. The molecule has 1 aliphatic rings. The summed E-state index contributed by atoms with van der Waals surface area (Å²) in [6.45, 7) is 6.44. The molecule has 0 nitrogen and oxygen atoms in total. The van der Waals surface area contributed by atoms with Crippen LogP contribution in [-0.4, -0.2) is 31.8 Å². The van der Waals surface area contributed by atoms with Crippen LogP contribution in [0.15, 0.2) is 0 Å². The fourth-order valence-electron chi connectivity index (χ4n) is 1.93. The quantitative estimate of drug-likeness (QED) is 0.463. The first-order valence-corrected chi connectivity index (χ1v) is 7.11. The van der Waals surface area contributed by atoms with Crippen LogP contribution in [0.2, 0.25) is 18.1 Å². The van der Waals surface area contributed by atoms with Gasteiger partial charge in [0.2, 0.25) is 0 Å². The minimum absolute atomic E-state index is 0. The molecule has 12 heavy (non-hydrogen) atoms. The third-order valence-corrected chi connectivity index (χ3v) is 6.36. The average molecular weight is 260 g/mol. The van der Waals surface area contributed by atoms with Gasteiger partial charge < -0.3 is 23.9 Å². The van der Waals surface area contributed by atoms with Crippen molar-refractivity contribution in [3.05, 3.63) is 6.92 Å². The summed E-state index contributed by atoms with van der Waals surface area (Å²) in [7, 11) is -0.205. The average Bonchev–Trinajstić information content (AvgIpc) is 1.95. The molecule has 0 spiro atoms. The molecule has 0 bridgehead atoms. The van der Waals surface area contributed by atoms with Crippen molar-refractivity contribution in [3.63, 3.8) is 0 Å². The second kappa shape index (κ2) is 9.04. The number of rotatable bonds is 2. The maximum atomic E-state index is 4.11. The van der Waals surface area contributed by atoms with Crippen molar-refractivity contribution in [3.8, 4) is 0 Å². The summed E-state index contributed by atoms with van der Waals surface area (Å²) in [5.74, 6) is 0.806. The molecule has 68 valence electrons. The van der Waals surface area contributed by atoms with Gasteiger partial charge in [-0.2, -0.15) is 5.92 Å². The Balaban J connectivity index is 0. The van der Waals surface area contributed by atoms with Crippen LogP contribution in [0.4, 0.5) is 0 Å². The van der Waals surface area contributed by atoms with Crippen LogP contribution in [-0.2, 0) is 0 Å². The van der Waals surface area contributed by atoms with E-state index in [2.05, 4.69) is 13.8 Å². The minimum atomic E-state index is -0.205. The van der Waals surface area contributed by atoms with E-state index in [1.165, 1.54) is 19.3 Å². The van der Waals surface area contributed by atoms with Crippen LogP contribution < -0.4 is 17.0 Å². The Morgan fingerprint density at radius 3 is 2.25 bits per heavy atom. The molecule has 3 heteroatoms. The molecule has 0 aromatic heterocycles. The van der Waals surface area contributed by atoms with Crippen molar-refractivity contribution in [2.45, 2.75) is 44.3 Å². The largest absolute Gasteiger partial charge is 2.00 e. The van der Waals surface area contributed by atoms with Gasteiger partial charge in [0.15, 0.2) is 0 Å². The van der Waals surface area contributed by atoms with Crippen LogP contribution in [0.5, 0.6) is 0 Å². The van der Waals surface area contributed by atoms with Gasteiger partial charge in [0.25, 0.3) is 0 Å². The van der Waals surface area contributed by atoms with Gasteiger partial charge in [-0.15, -0.1) is 0 Å². The minimum Gasteiger partial charge on any atom is -1.00 e. The summed E-state index contributed by atoms with van der Waals surface area (Å²) in [6.07, 6.45) is 4.31. The van der Waals surface area contributed by atoms with E-state index in [1.54, 1.807) is 18.1 Å². The van der Waals surface area contributed by atoms with Crippen molar-refractivity contribution < 1.29 is 17.0 Å². The third kappa shape index (κ3) is 6.00. The Bertz CT molecular complexity index is 92.5. The van der Waals surface area contributed by atoms with E-state index in [1.807, 2.05) is 0 Å². The Kier molecular flexibility index (Phi) is 12.0. The van der Waals surface area contributed by atoms with Crippen LogP contribution >= 0.6 is 0 Å². The third-order valence-electron chi connectivity index (χ3n) is 2.66. The van der Waals surface area contributed by atoms with Gasteiger partial charge in [0, 0.05) is 8.80 Å². The molecule has 0 unspecified atom stereocenters. The van der Waals surface area contributed by atoms with Crippen LogP contribution in [0, 0.1) is 12.8 Å². The summed E-state index contributed by atoms with van der Waals surface area (Å²) in [6, 6.07) is 4.76. The van der Waals surface area contributed by atoms with Gasteiger partial charge in [-0.25, -0.2) is 0 Å². The monoisotopic (exact) mass is 258 g/mol. The van der Waals surface area contributed by atoms with Gasteiger partial charge in [-0.05, 0) is 0 Å². The van der Waals surface area contributed by atoms with Gasteiger partial charge in [-0.1, -0.05) is 44.3 Å². The first kappa shape index (κ1) is 15.9. The van der Waals surface area contributed by atoms with E-state index in [0.717, 1.165) is 5.92 Å². The van der Waals surface area contributed by atoms with E-state index in [-0.39, 0.29) is 48.8 Å². The molecule has 0 aliphatic carbocycles.